The number of carboxylic acid groups (broad SMARTS) is 1. The monoisotopic (exact) mass is 343 g/mol. The second-order valence-electron chi connectivity index (χ2n) is 5.39. The van der Waals surface area contributed by atoms with Crippen molar-refractivity contribution in [3.05, 3.63) is 41.5 Å². The molecule has 5 nitrogen and oxygen atoms in total. The van der Waals surface area contributed by atoms with Gasteiger partial charge in [-0.15, -0.1) is 0 Å². The SMILES string of the molecule is CC(=CC(=O)N1CCOC(C(=O)O)C1)c1cccc(C(F)(F)F)c1. The van der Waals surface area contributed by atoms with Gasteiger partial charge in [0.2, 0.25) is 5.91 Å². The highest BCUT2D eigenvalue weighted by Gasteiger charge is 2.31. The first-order chi connectivity index (χ1) is 11.2. The molecule has 1 aliphatic rings. The van der Waals surface area contributed by atoms with Crippen molar-refractivity contribution < 1.29 is 32.6 Å². The van der Waals surface area contributed by atoms with Crippen molar-refractivity contribution >= 4 is 17.4 Å². The fraction of sp³-hybridized carbons (Fsp3) is 0.375. The first-order valence-corrected chi connectivity index (χ1v) is 7.17. The number of nitrogens with zero attached hydrogens (tertiary/aromatic N) is 1. The van der Waals surface area contributed by atoms with E-state index in [9.17, 15) is 22.8 Å². The molecule has 0 aliphatic carbocycles. The second-order valence-corrected chi connectivity index (χ2v) is 5.39. The van der Waals surface area contributed by atoms with E-state index in [0.29, 0.717) is 5.57 Å². The lowest BCUT2D eigenvalue weighted by molar-refractivity contribution is -0.158. The minimum absolute atomic E-state index is 0.0964. The number of carbonyl (C=O) groups is 2. The van der Waals surface area contributed by atoms with Gasteiger partial charge in [-0.05, 0) is 30.2 Å². The molecule has 1 aliphatic heterocycles. The van der Waals surface area contributed by atoms with Gasteiger partial charge < -0.3 is 14.7 Å². The molecule has 1 heterocycles. The molecule has 0 saturated carbocycles. The summed E-state index contributed by atoms with van der Waals surface area (Å²) < 4.78 is 43.2. The Bertz CT molecular complexity index is 670. The summed E-state index contributed by atoms with van der Waals surface area (Å²) in [5.41, 5.74) is -0.150. The van der Waals surface area contributed by atoms with Crippen LogP contribution in [0.4, 0.5) is 13.2 Å². The number of halogens is 3. The minimum Gasteiger partial charge on any atom is -0.479 e. The average Bonchev–Trinajstić information content (AvgIpc) is 2.54. The molecule has 0 radical (unpaired) electrons. The lowest BCUT2D eigenvalue weighted by Crippen LogP contribution is -2.48. The van der Waals surface area contributed by atoms with Crippen LogP contribution < -0.4 is 0 Å². The summed E-state index contributed by atoms with van der Waals surface area (Å²) >= 11 is 0. The molecule has 1 atom stereocenters. The third-order valence-corrected chi connectivity index (χ3v) is 3.64. The number of aliphatic carboxylic acids is 1. The molecule has 1 N–H and O–H groups in total. The summed E-state index contributed by atoms with van der Waals surface area (Å²) in [5, 5.41) is 8.92. The molecule has 0 aromatic heterocycles. The number of benzene rings is 1. The molecular formula is C16H16F3NO4. The maximum atomic E-state index is 12.7. The number of hydrogen-bond donors (Lipinski definition) is 1. The molecule has 1 aromatic carbocycles. The van der Waals surface area contributed by atoms with E-state index in [-0.39, 0.29) is 25.3 Å². The minimum atomic E-state index is -4.46. The van der Waals surface area contributed by atoms with Crippen molar-refractivity contribution in [2.75, 3.05) is 19.7 Å². The Labute approximate surface area is 136 Å². The zero-order valence-electron chi connectivity index (χ0n) is 12.8. The summed E-state index contributed by atoms with van der Waals surface area (Å²) in [5.74, 6) is -1.62. The van der Waals surface area contributed by atoms with Gasteiger partial charge in [0, 0.05) is 12.6 Å². The first kappa shape index (κ1) is 18.0. The third kappa shape index (κ3) is 4.35. The Morgan fingerprint density at radius 1 is 1.38 bits per heavy atom. The van der Waals surface area contributed by atoms with Crippen LogP contribution in [0.5, 0.6) is 0 Å². The van der Waals surface area contributed by atoms with E-state index >= 15 is 0 Å². The number of allylic oxidation sites excluding steroid dienone is 1. The Balaban J connectivity index is 2.15. The summed E-state index contributed by atoms with van der Waals surface area (Å²) in [6.07, 6.45) is -4.34. The number of ether oxygens (including phenoxy) is 1. The number of amides is 1. The maximum absolute atomic E-state index is 12.7. The number of carbonyl (C=O) groups excluding carboxylic acids is 1. The highest BCUT2D eigenvalue weighted by molar-refractivity contribution is 5.95. The van der Waals surface area contributed by atoms with E-state index < -0.39 is 29.7 Å². The average molecular weight is 343 g/mol. The van der Waals surface area contributed by atoms with Crippen molar-refractivity contribution in [1.29, 1.82) is 0 Å². The number of alkyl halides is 3. The van der Waals surface area contributed by atoms with Gasteiger partial charge in [-0.25, -0.2) is 4.79 Å². The zero-order chi connectivity index (χ0) is 17.9. The Morgan fingerprint density at radius 3 is 2.71 bits per heavy atom. The summed E-state index contributed by atoms with van der Waals surface area (Å²) in [7, 11) is 0. The van der Waals surface area contributed by atoms with Gasteiger partial charge >= 0.3 is 12.1 Å². The van der Waals surface area contributed by atoms with Crippen molar-refractivity contribution in [3.63, 3.8) is 0 Å². The van der Waals surface area contributed by atoms with Crippen LogP contribution in [0.25, 0.3) is 5.57 Å². The molecule has 0 spiro atoms. The molecule has 1 saturated heterocycles. The van der Waals surface area contributed by atoms with Crippen molar-refractivity contribution in [2.45, 2.75) is 19.2 Å². The molecule has 2 rings (SSSR count). The number of rotatable bonds is 3. The summed E-state index contributed by atoms with van der Waals surface area (Å²) in [4.78, 5) is 24.4. The van der Waals surface area contributed by atoms with Crippen LogP contribution in [-0.4, -0.2) is 47.7 Å². The van der Waals surface area contributed by atoms with E-state index in [0.717, 1.165) is 12.1 Å². The number of morpholine rings is 1. The van der Waals surface area contributed by atoms with E-state index in [1.165, 1.54) is 30.0 Å². The van der Waals surface area contributed by atoms with Crippen molar-refractivity contribution in [3.8, 4) is 0 Å². The zero-order valence-corrected chi connectivity index (χ0v) is 12.8. The van der Waals surface area contributed by atoms with Crippen LogP contribution >= 0.6 is 0 Å². The lowest BCUT2D eigenvalue weighted by atomic mass is 10.0. The van der Waals surface area contributed by atoms with E-state index in [2.05, 4.69) is 0 Å². The largest absolute Gasteiger partial charge is 0.479 e. The van der Waals surface area contributed by atoms with E-state index in [4.69, 9.17) is 9.84 Å². The molecule has 1 unspecified atom stereocenters. The van der Waals surface area contributed by atoms with Gasteiger partial charge in [-0.2, -0.15) is 13.2 Å². The molecular weight excluding hydrogens is 327 g/mol. The highest BCUT2D eigenvalue weighted by Crippen LogP contribution is 2.30. The Morgan fingerprint density at radius 2 is 2.08 bits per heavy atom. The van der Waals surface area contributed by atoms with Gasteiger partial charge in [0.05, 0.1) is 18.7 Å². The molecule has 130 valence electrons. The van der Waals surface area contributed by atoms with Crippen LogP contribution in [0, 0.1) is 0 Å². The lowest BCUT2D eigenvalue weighted by Gasteiger charge is -2.30. The molecule has 8 heteroatoms. The van der Waals surface area contributed by atoms with Gasteiger partial charge in [-0.3, -0.25) is 4.79 Å². The second kappa shape index (κ2) is 7.04. The van der Waals surface area contributed by atoms with Crippen molar-refractivity contribution in [1.82, 2.24) is 4.90 Å². The van der Waals surface area contributed by atoms with Crippen LogP contribution in [-0.2, 0) is 20.5 Å². The number of carboxylic acids is 1. The van der Waals surface area contributed by atoms with Crippen LogP contribution in [0.3, 0.4) is 0 Å². The molecule has 1 amide bonds. The summed E-state index contributed by atoms with van der Waals surface area (Å²) in [6, 6.07) is 4.68. The quantitative estimate of drug-likeness (QED) is 0.856. The van der Waals surface area contributed by atoms with Crippen LogP contribution in [0.2, 0.25) is 0 Å². The predicted molar refractivity (Wildman–Crippen MR) is 79.1 cm³/mol. The Hall–Kier alpha value is -2.35. The van der Waals surface area contributed by atoms with Crippen LogP contribution in [0.15, 0.2) is 30.3 Å². The normalized spacial score (nSPS) is 19.2. The van der Waals surface area contributed by atoms with Crippen LogP contribution in [0.1, 0.15) is 18.1 Å². The third-order valence-electron chi connectivity index (χ3n) is 3.64. The molecule has 24 heavy (non-hydrogen) atoms. The van der Waals surface area contributed by atoms with Gasteiger partial charge in [0.25, 0.3) is 0 Å². The molecule has 1 aromatic rings. The predicted octanol–water partition coefficient (Wildman–Crippen LogP) is 2.42. The smallest absolute Gasteiger partial charge is 0.416 e. The topological polar surface area (TPSA) is 66.8 Å². The Kier molecular flexibility index (Phi) is 5.28. The van der Waals surface area contributed by atoms with Crippen molar-refractivity contribution in [2.24, 2.45) is 0 Å². The van der Waals surface area contributed by atoms with E-state index in [1.54, 1.807) is 0 Å². The standard InChI is InChI=1S/C16H16F3NO4/c1-10(11-3-2-4-12(8-11)16(17,18)19)7-14(21)20-5-6-24-13(9-20)15(22)23/h2-4,7-8,13H,5-6,9H2,1H3,(H,22,23). The van der Waals surface area contributed by atoms with Gasteiger partial charge in [0.15, 0.2) is 6.10 Å². The molecule has 1 fully saturated rings. The fourth-order valence-corrected chi connectivity index (χ4v) is 2.30. The maximum Gasteiger partial charge on any atom is 0.416 e. The number of hydrogen-bond acceptors (Lipinski definition) is 3. The van der Waals surface area contributed by atoms with Gasteiger partial charge in [0.1, 0.15) is 0 Å². The van der Waals surface area contributed by atoms with Gasteiger partial charge in [-0.1, -0.05) is 12.1 Å². The first-order valence-electron chi connectivity index (χ1n) is 7.17. The van der Waals surface area contributed by atoms with E-state index in [1.807, 2.05) is 0 Å². The summed E-state index contributed by atoms with van der Waals surface area (Å²) in [6.45, 7) is 1.76. The fourth-order valence-electron chi connectivity index (χ4n) is 2.30. The highest BCUT2D eigenvalue weighted by atomic mass is 19.4. The molecule has 0 bridgehead atoms.